The number of aromatic nitrogens is 3. The van der Waals surface area contributed by atoms with Crippen LogP contribution in [0.3, 0.4) is 0 Å². The Kier molecular flexibility index (Phi) is 2.30. The van der Waals surface area contributed by atoms with Gasteiger partial charge in [-0.05, 0) is 18.2 Å². The molecule has 0 unspecified atom stereocenters. The van der Waals surface area contributed by atoms with Crippen molar-refractivity contribution >= 4 is 5.95 Å². The SMILES string of the molecule is C#Cc1cc(-c2cccnc2)nc(N)n1. The highest BCUT2D eigenvalue weighted by molar-refractivity contribution is 5.60. The molecule has 0 aliphatic heterocycles. The van der Waals surface area contributed by atoms with Gasteiger partial charge in [-0.1, -0.05) is 5.92 Å². The largest absolute Gasteiger partial charge is 0.368 e. The normalized spacial score (nSPS) is 9.53. The third-order valence-corrected chi connectivity index (χ3v) is 1.85. The Labute approximate surface area is 87.2 Å². The lowest BCUT2D eigenvalue weighted by molar-refractivity contribution is 1.16. The summed E-state index contributed by atoms with van der Waals surface area (Å²) in [6.07, 6.45) is 8.64. The topological polar surface area (TPSA) is 64.7 Å². The molecule has 0 bridgehead atoms. The smallest absolute Gasteiger partial charge is 0.221 e. The second-order valence-corrected chi connectivity index (χ2v) is 2.88. The van der Waals surface area contributed by atoms with E-state index in [1.54, 1.807) is 18.5 Å². The fourth-order valence-corrected chi connectivity index (χ4v) is 1.20. The molecule has 0 atom stereocenters. The van der Waals surface area contributed by atoms with Gasteiger partial charge in [0, 0.05) is 18.0 Å². The van der Waals surface area contributed by atoms with Crippen LogP contribution in [0.15, 0.2) is 30.6 Å². The van der Waals surface area contributed by atoms with E-state index in [2.05, 4.69) is 20.9 Å². The Morgan fingerprint density at radius 1 is 1.33 bits per heavy atom. The summed E-state index contributed by atoms with van der Waals surface area (Å²) in [4.78, 5) is 12.0. The zero-order chi connectivity index (χ0) is 10.7. The van der Waals surface area contributed by atoms with Gasteiger partial charge in [0.2, 0.25) is 5.95 Å². The van der Waals surface area contributed by atoms with E-state index in [1.807, 2.05) is 12.1 Å². The highest BCUT2D eigenvalue weighted by Gasteiger charge is 2.02. The summed E-state index contributed by atoms with van der Waals surface area (Å²) >= 11 is 0. The number of terminal acetylenes is 1. The first-order chi connectivity index (χ1) is 7.29. The van der Waals surface area contributed by atoms with Crippen LogP contribution in [-0.2, 0) is 0 Å². The van der Waals surface area contributed by atoms with E-state index >= 15 is 0 Å². The van der Waals surface area contributed by atoms with Crippen LogP contribution >= 0.6 is 0 Å². The number of nitrogens with two attached hydrogens (primary N) is 1. The summed E-state index contributed by atoms with van der Waals surface area (Å²) in [6.45, 7) is 0. The molecular weight excluding hydrogens is 188 g/mol. The van der Waals surface area contributed by atoms with E-state index in [-0.39, 0.29) is 5.95 Å². The Hall–Kier alpha value is -2.41. The number of anilines is 1. The molecular formula is C11H8N4. The first-order valence-electron chi connectivity index (χ1n) is 4.31. The average Bonchev–Trinajstić information content (AvgIpc) is 2.29. The summed E-state index contributed by atoms with van der Waals surface area (Å²) in [5.74, 6) is 2.60. The van der Waals surface area contributed by atoms with E-state index in [0.717, 1.165) is 5.56 Å². The van der Waals surface area contributed by atoms with Crippen LogP contribution in [0, 0.1) is 12.3 Å². The molecule has 2 N–H and O–H groups in total. The molecule has 0 saturated carbocycles. The third-order valence-electron chi connectivity index (χ3n) is 1.85. The van der Waals surface area contributed by atoms with E-state index < -0.39 is 0 Å². The molecule has 0 saturated heterocycles. The third kappa shape index (κ3) is 1.92. The van der Waals surface area contributed by atoms with Gasteiger partial charge < -0.3 is 5.73 Å². The Morgan fingerprint density at radius 2 is 2.20 bits per heavy atom. The van der Waals surface area contributed by atoms with E-state index in [9.17, 15) is 0 Å². The summed E-state index contributed by atoms with van der Waals surface area (Å²) in [5, 5.41) is 0. The minimum Gasteiger partial charge on any atom is -0.368 e. The monoisotopic (exact) mass is 196 g/mol. The first-order valence-corrected chi connectivity index (χ1v) is 4.31. The first kappa shape index (κ1) is 9.16. The molecule has 4 heteroatoms. The standard InChI is InChI=1S/C11H8N4/c1-2-9-6-10(15-11(12)14-9)8-4-3-5-13-7-8/h1,3-7H,(H2,12,14,15). The van der Waals surface area contributed by atoms with Crippen molar-refractivity contribution in [2.45, 2.75) is 0 Å². The fraction of sp³-hybridized carbons (Fsp3) is 0. The molecule has 2 aromatic heterocycles. The summed E-state index contributed by atoms with van der Waals surface area (Å²) in [6, 6.07) is 5.41. The van der Waals surface area contributed by atoms with Crippen molar-refractivity contribution in [3.05, 3.63) is 36.3 Å². The second kappa shape index (κ2) is 3.76. The predicted octanol–water partition coefficient (Wildman–Crippen LogP) is 1.10. The van der Waals surface area contributed by atoms with Crippen molar-refractivity contribution in [1.82, 2.24) is 15.0 Å². The van der Waals surface area contributed by atoms with Crippen LogP contribution in [0.1, 0.15) is 5.69 Å². The van der Waals surface area contributed by atoms with Crippen LogP contribution < -0.4 is 5.73 Å². The number of nitrogen functional groups attached to an aromatic ring is 1. The van der Waals surface area contributed by atoms with Gasteiger partial charge in [0.05, 0.1) is 5.69 Å². The molecule has 4 nitrogen and oxygen atoms in total. The molecule has 0 aliphatic carbocycles. The molecule has 72 valence electrons. The van der Waals surface area contributed by atoms with Crippen molar-refractivity contribution in [3.8, 4) is 23.6 Å². The van der Waals surface area contributed by atoms with Crippen LogP contribution in [0.5, 0.6) is 0 Å². The minimum absolute atomic E-state index is 0.171. The van der Waals surface area contributed by atoms with Gasteiger partial charge in [-0.3, -0.25) is 4.98 Å². The molecule has 0 aliphatic rings. The summed E-state index contributed by atoms with van der Waals surface area (Å²) < 4.78 is 0. The van der Waals surface area contributed by atoms with Gasteiger partial charge in [0.1, 0.15) is 5.69 Å². The summed E-state index contributed by atoms with van der Waals surface area (Å²) in [7, 11) is 0. The van der Waals surface area contributed by atoms with Gasteiger partial charge in [-0.2, -0.15) is 0 Å². The predicted molar refractivity (Wildman–Crippen MR) is 57.6 cm³/mol. The molecule has 0 amide bonds. The van der Waals surface area contributed by atoms with Crippen LogP contribution in [0.25, 0.3) is 11.3 Å². The quantitative estimate of drug-likeness (QED) is 0.694. The highest BCUT2D eigenvalue weighted by atomic mass is 15.0. The Bertz CT molecular complexity index is 514. The zero-order valence-corrected chi connectivity index (χ0v) is 7.88. The van der Waals surface area contributed by atoms with Gasteiger partial charge in [-0.25, -0.2) is 9.97 Å². The van der Waals surface area contributed by atoms with Crippen molar-refractivity contribution in [3.63, 3.8) is 0 Å². The second-order valence-electron chi connectivity index (χ2n) is 2.88. The van der Waals surface area contributed by atoms with Crippen molar-refractivity contribution in [2.75, 3.05) is 5.73 Å². The van der Waals surface area contributed by atoms with Crippen LogP contribution in [-0.4, -0.2) is 15.0 Å². The number of nitrogens with zero attached hydrogens (tertiary/aromatic N) is 3. The molecule has 0 spiro atoms. The molecule has 2 aromatic rings. The van der Waals surface area contributed by atoms with Crippen molar-refractivity contribution < 1.29 is 0 Å². The number of hydrogen-bond donors (Lipinski definition) is 1. The maximum absolute atomic E-state index is 5.53. The van der Waals surface area contributed by atoms with Crippen LogP contribution in [0.2, 0.25) is 0 Å². The molecule has 15 heavy (non-hydrogen) atoms. The molecule has 0 fully saturated rings. The molecule has 2 heterocycles. The Morgan fingerprint density at radius 3 is 2.87 bits per heavy atom. The number of pyridine rings is 1. The zero-order valence-electron chi connectivity index (χ0n) is 7.88. The van der Waals surface area contributed by atoms with Crippen molar-refractivity contribution in [2.24, 2.45) is 0 Å². The van der Waals surface area contributed by atoms with Crippen molar-refractivity contribution in [1.29, 1.82) is 0 Å². The van der Waals surface area contributed by atoms with Gasteiger partial charge in [-0.15, -0.1) is 6.42 Å². The lowest BCUT2D eigenvalue weighted by Gasteiger charge is -2.01. The van der Waals surface area contributed by atoms with Gasteiger partial charge >= 0.3 is 0 Å². The lowest BCUT2D eigenvalue weighted by Crippen LogP contribution is -1.98. The highest BCUT2D eigenvalue weighted by Crippen LogP contribution is 2.16. The number of rotatable bonds is 1. The number of hydrogen-bond acceptors (Lipinski definition) is 4. The van der Waals surface area contributed by atoms with E-state index in [0.29, 0.717) is 11.4 Å². The maximum Gasteiger partial charge on any atom is 0.221 e. The Balaban J connectivity index is 2.55. The van der Waals surface area contributed by atoms with Crippen LogP contribution in [0.4, 0.5) is 5.95 Å². The van der Waals surface area contributed by atoms with E-state index in [1.165, 1.54) is 0 Å². The molecule has 0 aromatic carbocycles. The van der Waals surface area contributed by atoms with E-state index in [4.69, 9.17) is 12.2 Å². The maximum atomic E-state index is 5.53. The minimum atomic E-state index is 0.171. The summed E-state index contributed by atoms with van der Waals surface area (Å²) in [5.41, 5.74) is 7.56. The molecule has 2 rings (SSSR count). The average molecular weight is 196 g/mol. The van der Waals surface area contributed by atoms with Gasteiger partial charge in [0.15, 0.2) is 0 Å². The van der Waals surface area contributed by atoms with Gasteiger partial charge in [0.25, 0.3) is 0 Å². The molecule has 0 radical (unpaired) electrons. The fourth-order valence-electron chi connectivity index (χ4n) is 1.20. The lowest BCUT2D eigenvalue weighted by atomic mass is 10.2.